The molecule has 2 N–H and O–H groups in total. The Morgan fingerprint density at radius 3 is 2.59 bits per heavy atom. The van der Waals surface area contributed by atoms with Gasteiger partial charge in [-0.25, -0.2) is 14.1 Å². The summed E-state index contributed by atoms with van der Waals surface area (Å²) >= 11 is 3.16. The van der Waals surface area contributed by atoms with Crippen LogP contribution in [-0.4, -0.2) is 41.9 Å². The molecule has 0 radical (unpaired) electrons. The van der Waals surface area contributed by atoms with Crippen molar-refractivity contribution >= 4 is 45.2 Å². The predicted octanol–water partition coefficient (Wildman–Crippen LogP) is 2.85. The maximum absolute atomic E-state index is 14.1. The number of imide groups is 1. The van der Waals surface area contributed by atoms with Crippen molar-refractivity contribution in [3.8, 4) is 0 Å². The van der Waals surface area contributed by atoms with Crippen LogP contribution in [0.1, 0.15) is 0 Å². The van der Waals surface area contributed by atoms with E-state index in [-0.39, 0.29) is 11.3 Å². The molecule has 2 aliphatic heterocycles. The van der Waals surface area contributed by atoms with Gasteiger partial charge in [-0.1, -0.05) is 34.1 Å². The van der Waals surface area contributed by atoms with Crippen molar-refractivity contribution in [3.63, 3.8) is 0 Å². The molecular weight excluding hydrogens is 443 g/mol. The Kier molecular flexibility index (Phi) is 4.83. The average molecular weight is 459 g/mol. The smallest absolute Gasteiger partial charge is 0.329 e. The number of nitrogens with zero attached hydrogens (tertiary/aromatic N) is 2. The van der Waals surface area contributed by atoms with Gasteiger partial charge in [0.2, 0.25) is 0 Å². The number of carbonyl (C=O) groups is 3. The number of para-hydroxylation sites is 1. The lowest BCUT2D eigenvalue weighted by atomic mass is 9.99. The summed E-state index contributed by atoms with van der Waals surface area (Å²) in [4.78, 5) is 41.1. The summed E-state index contributed by atoms with van der Waals surface area (Å²) in [5.74, 6) is -1.64. The Bertz CT molecular complexity index is 1040. The molecule has 2 atom stereocenters. The summed E-state index contributed by atoms with van der Waals surface area (Å²) in [6, 6.07) is 10.6. The second kappa shape index (κ2) is 7.32. The quantitative estimate of drug-likeness (QED) is 0.740. The number of benzene rings is 2. The molecule has 4 rings (SSSR count). The molecule has 2 unspecified atom stereocenters. The van der Waals surface area contributed by atoms with Crippen molar-refractivity contribution in [2.75, 3.05) is 17.3 Å². The number of carbonyl (C=O) groups excluding carboxylic acids is 3. The molecule has 0 saturated carbocycles. The summed E-state index contributed by atoms with van der Waals surface area (Å²) in [5.41, 5.74) is 0.621. The van der Waals surface area contributed by atoms with Crippen molar-refractivity contribution < 1.29 is 18.8 Å². The third-order valence-electron chi connectivity index (χ3n) is 4.84. The fourth-order valence-electron chi connectivity index (χ4n) is 3.50. The number of amides is 4. The number of halogens is 2. The highest BCUT2D eigenvalue weighted by Gasteiger charge is 2.49. The van der Waals surface area contributed by atoms with E-state index in [9.17, 15) is 18.8 Å². The summed E-state index contributed by atoms with van der Waals surface area (Å²) in [7, 11) is 1.65. The fraction of sp³-hybridized carbons (Fsp3) is 0.150. The number of rotatable bonds is 3. The Morgan fingerprint density at radius 1 is 1.17 bits per heavy atom. The molecule has 2 aliphatic rings. The van der Waals surface area contributed by atoms with E-state index >= 15 is 0 Å². The van der Waals surface area contributed by atoms with E-state index in [4.69, 9.17) is 0 Å². The summed E-state index contributed by atoms with van der Waals surface area (Å²) in [5, 5.41) is 5.22. The minimum Gasteiger partial charge on any atom is -0.366 e. The average Bonchev–Trinajstić information content (AvgIpc) is 3.01. The minimum atomic E-state index is -0.835. The number of urea groups is 1. The molecule has 9 heteroatoms. The maximum Gasteiger partial charge on any atom is 0.329 e. The molecule has 148 valence electrons. The molecule has 0 aliphatic carbocycles. The van der Waals surface area contributed by atoms with Gasteiger partial charge in [0.05, 0.1) is 23.0 Å². The van der Waals surface area contributed by atoms with E-state index in [1.54, 1.807) is 48.3 Å². The predicted molar refractivity (Wildman–Crippen MR) is 109 cm³/mol. The molecule has 29 heavy (non-hydrogen) atoms. The van der Waals surface area contributed by atoms with Gasteiger partial charge < -0.3 is 15.5 Å². The molecule has 4 amide bonds. The van der Waals surface area contributed by atoms with Gasteiger partial charge in [0.15, 0.2) is 0 Å². The normalized spacial score (nSPS) is 20.9. The van der Waals surface area contributed by atoms with Gasteiger partial charge >= 0.3 is 6.03 Å². The zero-order valence-electron chi connectivity index (χ0n) is 15.2. The number of hydrogen-bond acceptors (Lipinski definition) is 4. The Labute approximate surface area is 174 Å². The van der Waals surface area contributed by atoms with E-state index < -0.39 is 35.7 Å². The minimum absolute atomic E-state index is 0.00424. The van der Waals surface area contributed by atoms with Gasteiger partial charge in [-0.05, 0) is 30.3 Å². The van der Waals surface area contributed by atoms with Crippen LogP contribution in [0, 0.1) is 5.82 Å². The second-order valence-electron chi connectivity index (χ2n) is 6.71. The molecular formula is C20H16BrFN4O3. The molecule has 2 aromatic carbocycles. The molecule has 1 saturated heterocycles. The topological polar surface area (TPSA) is 81.8 Å². The first kappa shape index (κ1) is 19.1. The zero-order chi connectivity index (χ0) is 20.7. The van der Waals surface area contributed by atoms with Crippen LogP contribution in [0.4, 0.5) is 20.6 Å². The van der Waals surface area contributed by atoms with E-state index in [0.29, 0.717) is 10.2 Å². The van der Waals surface area contributed by atoms with Gasteiger partial charge in [-0.3, -0.25) is 9.59 Å². The first-order chi connectivity index (χ1) is 13.9. The van der Waals surface area contributed by atoms with Gasteiger partial charge in [0, 0.05) is 17.7 Å². The largest absolute Gasteiger partial charge is 0.366 e. The molecule has 0 spiro atoms. The number of likely N-dealkylation sites (N-methyl/N-ethyl adjacent to an activating group) is 1. The van der Waals surface area contributed by atoms with E-state index in [1.807, 2.05) is 0 Å². The molecule has 0 bridgehead atoms. The monoisotopic (exact) mass is 458 g/mol. The van der Waals surface area contributed by atoms with Crippen LogP contribution in [0.15, 0.2) is 64.8 Å². The number of nitrogens with one attached hydrogen (secondary N) is 2. The third-order valence-corrected chi connectivity index (χ3v) is 5.34. The van der Waals surface area contributed by atoms with Crippen molar-refractivity contribution in [2.45, 2.75) is 12.1 Å². The molecule has 2 aromatic rings. The highest BCUT2D eigenvalue weighted by molar-refractivity contribution is 9.10. The SMILES string of the molecule is CN1C=C(C(=O)Nc2ccc(Br)cc2F)C2NC(=O)N(c3ccccc3)C(=O)C21. The van der Waals surface area contributed by atoms with Gasteiger partial charge in [-0.15, -0.1) is 0 Å². The number of hydrogen-bond donors (Lipinski definition) is 2. The molecule has 1 fully saturated rings. The number of anilines is 2. The summed E-state index contributed by atoms with van der Waals surface area (Å²) in [6.07, 6.45) is 1.49. The van der Waals surface area contributed by atoms with Crippen LogP contribution in [0.25, 0.3) is 0 Å². The van der Waals surface area contributed by atoms with Crippen LogP contribution in [-0.2, 0) is 9.59 Å². The van der Waals surface area contributed by atoms with Crippen molar-refractivity contribution in [1.29, 1.82) is 0 Å². The Morgan fingerprint density at radius 2 is 1.90 bits per heavy atom. The van der Waals surface area contributed by atoms with Crippen molar-refractivity contribution in [3.05, 3.63) is 70.6 Å². The molecule has 7 nitrogen and oxygen atoms in total. The molecule has 0 aromatic heterocycles. The van der Waals surface area contributed by atoms with Crippen LogP contribution in [0.5, 0.6) is 0 Å². The van der Waals surface area contributed by atoms with Crippen molar-refractivity contribution in [2.24, 2.45) is 0 Å². The second-order valence-corrected chi connectivity index (χ2v) is 7.63. The lowest BCUT2D eigenvalue weighted by molar-refractivity contribution is -0.122. The van der Waals surface area contributed by atoms with E-state index in [1.165, 1.54) is 18.3 Å². The first-order valence-corrected chi connectivity index (χ1v) is 9.55. The maximum atomic E-state index is 14.1. The Balaban J connectivity index is 1.58. The highest BCUT2D eigenvalue weighted by atomic mass is 79.9. The lowest BCUT2D eigenvalue weighted by Gasteiger charge is -2.37. The zero-order valence-corrected chi connectivity index (χ0v) is 16.8. The van der Waals surface area contributed by atoms with Gasteiger partial charge in [0.25, 0.3) is 11.8 Å². The van der Waals surface area contributed by atoms with E-state index in [0.717, 1.165) is 4.90 Å². The van der Waals surface area contributed by atoms with Crippen molar-refractivity contribution in [1.82, 2.24) is 10.2 Å². The van der Waals surface area contributed by atoms with Crippen LogP contribution in [0.3, 0.4) is 0 Å². The number of fused-ring (bicyclic) bond motifs is 1. The summed E-state index contributed by atoms with van der Waals surface area (Å²) < 4.78 is 14.6. The van der Waals surface area contributed by atoms with Gasteiger partial charge in [0.1, 0.15) is 11.9 Å². The van der Waals surface area contributed by atoms with E-state index in [2.05, 4.69) is 26.6 Å². The standard InChI is InChI=1S/C20H16BrFN4O3/c1-25-10-13(18(27)23-15-8-7-11(21)9-14(15)22)16-17(25)19(28)26(20(29)24-16)12-5-3-2-4-6-12/h2-10,16-17H,1H3,(H,23,27)(H,24,29). The lowest BCUT2D eigenvalue weighted by Crippen LogP contribution is -2.65. The highest BCUT2D eigenvalue weighted by Crippen LogP contribution is 2.30. The third kappa shape index (κ3) is 3.38. The summed E-state index contributed by atoms with van der Waals surface area (Å²) in [6.45, 7) is 0. The Hall–Kier alpha value is -3.20. The van der Waals surface area contributed by atoms with Gasteiger partial charge in [-0.2, -0.15) is 0 Å². The van der Waals surface area contributed by atoms with Crippen LogP contribution < -0.4 is 15.5 Å². The molecule has 2 heterocycles. The van der Waals surface area contributed by atoms with Crippen LogP contribution >= 0.6 is 15.9 Å². The first-order valence-electron chi connectivity index (χ1n) is 8.76. The fourth-order valence-corrected chi connectivity index (χ4v) is 3.83. The van der Waals surface area contributed by atoms with Crippen LogP contribution in [0.2, 0.25) is 0 Å².